The third-order valence-corrected chi connectivity index (χ3v) is 2.37. The van der Waals surface area contributed by atoms with Crippen molar-refractivity contribution in [2.24, 2.45) is 5.16 Å². The van der Waals surface area contributed by atoms with Gasteiger partial charge in [-0.3, -0.25) is 0 Å². The minimum absolute atomic E-state index is 0.0422. The van der Waals surface area contributed by atoms with E-state index in [0.29, 0.717) is 6.61 Å². The first-order valence-corrected chi connectivity index (χ1v) is 5.66. The first kappa shape index (κ1) is 14.0. The van der Waals surface area contributed by atoms with Crippen LogP contribution in [0.1, 0.15) is 18.9 Å². The Bertz CT molecular complexity index is 412. The third kappa shape index (κ3) is 4.86. The zero-order chi connectivity index (χ0) is 13.4. The maximum absolute atomic E-state index is 10.4. The molecule has 0 fully saturated rings. The average Bonchev–Trinajstić information content (AvgIpc) is 2.38. The number of ether oxygens (including phenoxy) is 1. The van der Waals surface area contributed by atoms with E-state index in [1.54, 1.807) is 7.11 Å². The average molecular weight is 251 g/mol. The monoisotopic (exact) mass is 251 g/mol. The van der Waals surface area contributed by atoms with E-state index in [0.717, 1.165) is 18.6 Å². The molecule has 5 heteroatoms. The molecule has 0 spiro atoms. The van der Waals surface area contributed by atoms with Gasteiger partial charge >= 0.3 is 5.97 Å². The maximum atomic E-state index is 10.4. The van der Waals surface area contributed by atoms with Crippen molar-refractivity contribution in [1.29, 1.82) is 0 Å². The second kappa shape index (κ2) is 7.32. The lowest BCUT2D eigenvalue weighted by molar-refractivity contribution is -0.129. The summed E-state index contributed by atoms with van der Waals surface area (Å²) in [6.45, 7) is 1.79. The summed E-state index contributed by atoms with van der Waals surface area (Å²) in [5.74, 6) is -0.234. The third-order valence-electron chi connectivity index (χ3n) is 2.37. The molecule has 98 valence electrons. The molecule has 0 unspecified atom stereocenters. The van der Waals surface area contributed by atoms with E-state index in [2.05, 4.69) is 5.16 Å². The fraction of sp³-hybridized carbons (Fsp3) is 0.385. The van der Waals surface area contributed by atoms with Gasteiger partial charge in [-0.1, -0.05) is 17.3 Å². The van der Waals surface area contributed by atoms with E-state index >= 15 is 0 Å². The first-order valence-electron chi connectivity index (χ1n) is 5.66. The Morgan fingerprint density at radius 3 is 2.56 bits per heavy atom. The number of hydrogen-bond acceptors (Lipinski definition) is 4. The zero-order valence-electron chi connectivity index (χ0n) is 10.5. The largest absolute Gasteiger partial charge is 0.497 e. The van der Waals surface area contributed by atoms with Gasteiger partial charge in [-0.15, -0.1) is 0 Å². The number of hydrogen-bond donors (Lipinski definition) is 1. The summed E-state index contributed by atoms with van der Waals surface area (Å²) in [4.78, 5) is 15.3. The molecule has 0 saturated carbocycles. The quantitative estimate of drug-likeness (QED) is 0.458. The highest BCUT2D eigenvalue weighted by molar-refractivity contribution is 6.34. The lowest BCUT2D eigenvalue weighted by Gasteiger charge is -2.03. The number of aryl methyl sites for hydroxylation is 1. The van der Waals surface area contributed by atoms with Crippen molar-refractivity contribution in [1.82, 2.24) is 0 Å². The van der Waals surface area contributed by atoms with Crippen LogP contribution in [-0.2, 0) is 16.1 Å². The number of carbonyl (C=O) groups is 1. The molecule has 0 atom stereocenters. The van der Waals surface area contributed by atoms with Crippen LogP contribution in [0.3, 0.4) is 0 Å². The Morgan fingerprint density at radius 2 is 2.00 bits per heavy atom. The summed E-state index contributed by atoms with van der Waals surface area (Å²) in [5, 5.41) is 12.0. The molecule has 1 rings (SSSR count). The molecule has 0 aliphatic carbocycles. The van der Waals surface area contributed by atoms with Gasteiger partial charge in [0.15, 0.2) is 5.71 Å². The highest BCUT2D eigenvalue weighted by Gasteiger charge is 2.01. The summed E-state index contributed by atoms with van der Waals surface area (Å²) < 4.78 is 5.06. The molecule has 18 heavy (non-hydrogen) atoms. The van der Waals surface area contributed by atoms with Crippen LogP contribution in [0.25, 0.3) is 0 Å². The molecule has 5 nitrogen and oxygen atoms in total. The smallest absolute Gasteiger partial charge is 0.353 e. The van der Waals surface area contributed by atoms with Crippen LogP contribution in [-0.4, -0.2) is 30.5 Å². The molecular weight excluding hydrogens is 234 g/mol. The van der Waals surface area contributed by atoms with E-state index in [-0.39, 0.29) is 5.71 Å². The van der Waals surface area contributed by atoms with Crippen molar-refractivity contribution in [2.75, 3.05) is 13.7 Å². The Labute approximate surface area is 106 Å². The van der Waals surface area contributed by atoms with Crippen molar-refractivity contribution >= 4 is 11.7 Å². The Morgan fingerprint density at radius 1 is 1.33 bits per heavy atom. The van der Waals surface area contributed by atoms with Gasteiger partial charge in [0, 0.05) is 0 Å². The van der Waals surface area contributed by atoms with Crippen LogP contribution in [0, 0.1) is 0 Å². The highest BCUT2D eigenvalue weighted by atomic mass is 16.6. The molecule has 0 aliphatic heterocycles. The number of nitrogens with zero attached hydrogens (tertiary/aromatic N) is 1. The molecule has 0 amide bonds. The molecule has 1 aromatic rings. The van der Waals surface area contributed by atoms with Crippen molar-refractivity contribution in [2.45, 2.75) is 19.8 Å². The number of carboxylic acid groups (broad SMARTS) is 1. The number of oxime groups is 1. The fourth-order valence-corrected chi connectivity index (χ4v) is 1.31. The highest BCUT2D eigenvalue weighted by Crippen LogP contribution is 2.12. The molecule has 0 saturated heterocycles. The lowest BCUT2D eigenvalue weighted by Crippen LogP contribution is -2.08. The van der Waals surface area contributed by atoms with Gasteiger partial charge in [-0.05, 0) is 37.5 Å². The zero-order valence-corrected chi connectivity index (χ0v) is 10.5. The fourth-order valence-electron chi connectivity index (χ4n) is 1.31. The van der Waals surface area contributed by atoms with Crippen LogP contribution in [0.5, 0.6) is 5.75 Å². The summed E-state index contributed by atoms with van der Waals surface area (Å²) in [6, 6.07) is 7.79. The van der Waals surface area contributed by atoms with Crippen molar-refractivity contribution < 1.29 is 19.5 Å². The normalized spacial score (nSPS) is 11.1. The molecule has 0 radical (unpaired) electrons. The van der Waals surface area contributed by atoms with E-state index in [1.807, 2.05) is 24.3 Å². The molecule has 1 aromatic carbocycles. The SMILES string of the molecule is COc1ccc(CCCO/N=C(/C)C(=O)O)cc1. The molecular formula is C13H17NO4. The standard InChI is InChI=1S/C13H17NO4/c1-10(13(15)16)14-18-9-3-4-11-5-7-12(17-2)8-6-11/h5-8H,3-4,9H2,1-2H3,(H,15,16)/b14-10-. The van der Waals surface area contributed by atoms with Crippen LogP contribution in [0.15, 0.2) is 29.4 Å². The van der Waals surface area contributed by atoms with Gasteiger partial charge in [-0.2, -0.15) is 0 Å². The topological polar surface area (TPSA) is 68.1 Å². The molecule has 1 N–H and O–H groups in total. The van der Waals surface area contributed by atoms with Gasteiger partial charge in [0.1, 0.15) is 12.4 Å². The van der Waals surface area contributed by atoms with Gasteiger partial charge in [0.2, 0.25) is 0 Å². The number of carboxylic acids is 1. The number of aliphatic carboxylic acids is 1. The first-order chi connectivity index (χ1) is 8.63. The molecule has 0 heterocycles. The van der Waals surface area contributed by atoms with Gasteiger partial charge in [-0.25, -0.2) is 4.79 Å². The Kier molecular flexibility index (Phi) is 5.70. The minimum atomic E-state index is -1.06. The Balaban J connectivity index is 2.25. The summed E-state index contributed by atoms with van der Waals surface area (Å²) >= 11 is 0. The summed E-state index contributed by atoms with van der Waals surface area (Å²) in [6.07, 6.45) is 1.63. The van der Waals surface area contributed by atoms with Crippen molar-refractivity contribution in [3.05, 3.63) is 29.8 Å². The lowest BCUT2D eigenvalue weighted by atomic mass is 10.1. The van der Waals surface area contributed by atoms with E-state index < -0.39 is 5.97 Å². The van der Waals surface area contributed by atoms with Crippen LogP contribution >= 0.6 is 0 Å². The van der Waals surface area contributed by atoms with Gasteiger partial charge < -0.3 is 14.7 Å². The van der Waals surface area contributed by atoms with Crippen molar-refractivity contribution in [3.63, 3.8) is 0 Å². The maximum Gasteiger partial charge on any atom is 0.353 e. The number of benzene rings is 1. The van der Waals surface area contributed by atoms with E-state index in [9.17, 15) is 4.79 Å². The molecule has 0 aromatic heterocycles. The van der Waals surface area contributed by atoms with Crippen LogP contribution < -0.4 is 4.74 Å². The van der Waals surface area contributed by atoms with Crippen LogP contribution in [0.4, 0.5) is 0 Å². The second-order valence-electron chi connectivity index (χ2n) is 3.77. The minimum Gasteiger partial charge on any atom is -0.497 e. The number of rotatable bonds is 7. The Hall–Kier alpha value is -2.04. The van der Waals surface area contributed by atoms with Crippen LogP contribution in [0.2, 0.25) is 0 Å². The molecule has 0 aliphatic rings. The van der Waals surface area contributed by atoms with Gasteiger partial charge in [0.25, 0.3) is 0 Å². The summed E-state index contributed by atoms with van der Waals surface area (Å²) in [7, 11) is 1.63. The number of methoxy groups -OCH3 is 1. The van der Waals surface area contributed by atoms with Gasteiger partial charge in [0.05, 0.1) is 7.11 Å². The predicted octanol–water partition coefficient (Wildman–Crippen LogP) is 2.10. The molecule has 0 bridgehead atoms. The second-order valence-corrected chi connectivity index (χ2v) is 3.77. The van der Waals surface area contributed by atoms with E-state index in [1.165, 1.54) is 12.5 Å². The van der Waals surface area contributed by atoms with E-state index in [4.69, 9.17) is 14.7 Å². The predicted molar refractivity (Wildman–Crippen MR) is 68.0 cm³/mol. The van der Waals surface area contributed by atoms with Crippen molar-refractivity contribution in [3.8, 4) is 5.75 Å². The summed E-state index contributed by atoms with van der Waals surface area (Å²) in [5.41, 5.74) is 1.14.